The Morgan fingerprint density at radius 1 is 1.05 bits per heavy atom. The molecule has 9 heteroatoms. The van der Waals surface area contributed by atoms with E-state index in [1.54, 1.807) is 6.20 Å². The average molecular weight is 597 g/mol. The minimum absolute atomic E-state index is 0.600. The van der Waals surface area contributed by atoms with E-state index < -0.39 is 17.7 Å². The summed E-state index contributed by atoms with van der Waals surface area (Å²) in [7, 11) is 1.92. The molecule has 212 valence electrons. The molecular formula is C33H29ClN4O3S. The largest absolute Gasteiger partial charge is 0.479 e. The summed E-state index contributed by atoms with van der Waals surface area (Å²) in [5, 5.41) is 17.5. The molecule has 0 radical (unpaired) electrons. The van der Waals surface area contributed by atoms with Crippen molar-refractivity contribution in [2.24, 2.45) is 7.05 Å². The average Bonchev–Trinajstić information content (AvgIpc) is 3.52. The van der Waals surface area contributed by atoms with Crippen molar-refractivity contribution in [2.75, 3.05) is 0 Å². The Kier molecular flexibility index (Phi) is 7.09. The summed E-state index contributed by atoms with van der Waals surface area (Å²) in [4.78, 5) is 22.2. The number of carbonyl (C=O) groups is 1. The summed E-state index contributed by atoms with van der Waals surface area (Å²) >= 11 is 7.77. The highest BCUT2D eigenvalue weighted by Crippen LogP contribution is 2.45. The fourth-order valence-corrected chi connectivity index (χ4v) is 6.50. The van der Waals surface area contributed by atoms with Gasteiger partial charge in [-0.15, -0.1) is 11.3 Å². The topological polar surface area (TPSA) is 90.1 Å². The fraction of sp³-hybridized carbons (Fsp3) is 0.212. The van der Waals surface area contributed by atoms with Gasteiger partial charge in [0, 0.05) is 40.3 Å². The predicted octanol–water partition coefficient (Wildman–Crippen LogP) is 8.48. The van der Waals surface area contributed by atoms with Gasteiger partial charge in [0.15, 0.2) is 6.10 Å². The van der Waals surface area contributed by atoms with E-state index in [0.29, 0.717) is 10.6 Å². The number of halogens is 1. The van der Waals surface area contributed by atoms with Crippen molar-refractivity contribution < 1.29 is 14.6 Å². The Morgan fingerprint density at radius 3 is 2.45 bits per heavy atom. The van der Waals surface area contributed by atoms with Crippen LogP contribution in [0, 0.1) is 6.92 Å². The van der Waals surface area contributed by atoms with Gasteiger partial charge in [-0.1, -0.05) is 29.8 Å². The molecule has 6 aromatic rings. The molecule has 0 spiro atoms. The number of rotatable bonds is 6. The zero-order valence-corrected chi connectivity index (χ0v) is 25.4. The summed E-state index contributed by atoms with van der Waals surface area (Å²) in [6, 6.07) is 21.4. The Bertz CT molecular complexity index is 1960. The highest BCUT2D eigenvalue weighted by atomic mass is 35.5. The van der Waals surface area contributed by atoms with Crippen LogP contribution in [0.3, 0.4) is 0 Å². The molecule has 0 fully saturated rings. The van der Waals surface area contributed by atoms with Gasteiger partial charge in [0.25, 0.3) is 0 Å². The molecule has 0 saturated carbocycles. The van der Waals surface area contributed by atoms with Crippen molar-refractivity contribution in [2.45, 2.75) is 39.4 Å². The van der Waals surface area contributed by atoms with E-state index >= 15 is 0 Å². The summed E-state index contributed by atoms with van der Waals surface area (Å²) < 4.78 is 8.88. The van der Waals surface area contributed by atoms with Gasteiger partial charge in [-0.2, -0.15) is 5.10 Å². The number of aliphatic carboxylic acids is 1. The quantitative estimate of drug-likeness (QED) is 0.207. The predicted molar refractivity (Wildman–Crippen MR) is 169 cm³/mol. The van der Waals surface area contributed by atoms with Crippen LogP contribution in [0.4, 0.5) is 0 Å². The van der Waals surface area contributed by atoms with Crippen LogP contribution < -0.4 is 0 Å². The molecule has 42 heavy (non-hydrogen) atoms. The molecule has 7 nitrogen and oxygen atoms in total. The van der Waals surface area contributed by atoms with Crippen molar-refractivity contribution in [3.05, 3.63) is 89.1 Å². The van der Waals surface area contributed by atoms with Gasteiger partial charge in [-0.3, -0.25) is 9.67 Å². The van der Waals surface area contributed by atoms with Gasteiger partial charge >= 0.3 is 5.97 Å². The first-order chi connectivity index (χ1) is 20.0. The number of pyridine rings is 1. The van der Waals surface area contributed by atoms with Crippen molar-refractivity contribution >= 4 is 50.0 Å². The monoisotopic (exact) mass is 596 g/mol. The van der Waals surface area contributed by atoms with Gasteiger partial charge in [0.2, 0.25) is 0 Å². The highest BCUT2D eigenvalue weighted by molar-refractivity contribution is 7.22. The van der Waals surface area contributed by atoms with Crippen LogP contribution in [-0.4, -0.2) is 36.4 Å². The number of carboxylic acids is 1. The van der Waals surface area contributed by atoms with Crippen molar-refractivity contribution in [3.63, 3.8) is 0 Å². The molecular weight excluding hydrogens is 568 g/mol. The SMILES string of the molecule is Cc1cc2nc(-c3ccc4c(c3)c(-c3ccccn3)nn4C)sc2c(-c2ccc(Cl)cc2)c1C(OC(C)(C)C)C(=O)O. The van der Waals surface area contributed by atoms with Crippen LogP contribution in [0.5, 0.6) is 0 Å². The smallest absolute Gasteiger partial charge is 0.337 e. The lowest BCUT2D eigenvalue weighted by molar-refractivity contribution is -0.160. The molecule has 0 aliphatic carbocycles. The standard InChI is InChI=1S/C33H29ClN4O3S/c1-18-16-24-30(27(19-9-12-21(34)13-10-19)26(18)29(32(39)40)41-33(2,3)4)42-31(36-24)20-11-14-25-22(17-20)28(37-38(25)5)23-8-6-7-15-35-23/h6-17,29H,1-5H3,(H,39,40). The highest BCUT2D eigenvalue weighted by Gasteiger charge is 2.32. The summed E-state index contributed by atoms with van der Waals surface area (Å²) in [5.74, 6) is -1.04. The van der Waals surface area contributed by atoms with Crippen LogP contribution in [0.2, 0.25) is 5.02 Å². The van der Waals surface area contributed by atoms with E-state index in [4.69, 9.17) is 26.4 Å². The number of nitrogens with zero attached hydrogens (tertiary/aromatic N) is 4. The van der Waals surface area contributed by atoms with E-state index in [1.807, 2.05) is 100 Å². The normalized spacial score (nSPS) is 12.7. The van der Waals surface area contributed by atoms with Crippen molar-refractivity contribution in [3.8, 4) is 33.1 Å². The first-order valence-corrected chi connectivity index (χ1v) is 14.7. The molecule has 0 aliphatic rings. The fourth-order valence-electron chi connectivity index (χ4n) is 5.25. The maximum absolute atomic E-state index is 12.6. The zero-order chi connectivity index (χ0) is 29.8. The van der Waals surface area contributed by atoms with Gasteiger partial charge in [-0.25, -0.2) is 9.78 Å². The first kappa shape index (κ1) is 28.0. The number of aryl methyl sites for hydroxylation is 2. The van der Waals surface area contributed by atoms with Gasteiger partial charge < -0.3 is 9.84 Å². The first-order valence-electron chi connectivity index (χ1n) is 13.5. The number of hydrogen-bond acceptors (Lipinski definition) is 6. The third-order valence-electron chi connectivity index (χ3n) is 7.02. The molecule has 3 aromatic heterocycles. The van der Waals surface area contributed by atoms with E-state index in [0.717, 1.165) is 59.8 Å². The van der Waals surface area contributed by atoms with Crippen LogP contribution >= 0.6 is 22.9 Å². The number of thiazole rings is 1. The van der Waals surface area contributed by atoms with Crippen molar-refractivity contribution in [1.29, 1.82) is 0 Å². The number of hydrogen-bond donors (Lipinski definition) is 1. The van der Waals surface area contributed by atoms with Gasteiger partial charge in [0.05, 0.1) is 27.0 Å². The molecule has 1 N–H and O–H groups in total. The van der Waals surface area contributed by atoms with Gasteiger partial charge in [-0.05, 0) is 87.4 Å². The van der Waals surface area contributed by atoms with Crippen LogP contribution in [0.25, 0.3) is 54.2 Å². The molecule has 0 saturated heterocycles. The second-order valence-electron chi connectivity index (χ2n) is 11.2. The van der Waals surface area contributed by atoms with Crippen LogP contribution in [-0.2, 0) is 16.6 Å². The minimum Gasteiger partial charge on any atom is -0.479 e. The number of fused-ring (bicyclic) bond motifs is 2. The Hall–Kier alpha value is -4.11. The molecule has 0 aliphatic heterocycles. The number of benzene rings is 3. The van der Waals surface area contributed by atoms with Crippen LogP contribution in [0.15, 0.2) is 72.9 Å². The molecule has 6 rings (SSSR count). The van der Waals surface area contributed by atoms with E-state index in [1.165, 1.54) is 11.3 Å². The zero-order valence-electron chi connectivity index (χ0n) is 23.8. The van der Waals surface area contributed by atoms with Crippen molar-refractivity contribution in [1.82, 2.24) is 19.7 Å². The number of carboxylic acid groups (broad SMARTS) is 1. The second kappa shape index (κ2) is 10.6. The molecule has 3 aromatic carbocycles. The Labute approximate surface area is 252 Å². The van der Waals surface area contributed by atoms with E-state index in [2.05, 4.69) is 11.1 Å². The molecule has 1 unspecified atom stereocenters. The third kappa shape index (κ3) is 5.17. The number of ether oxygens (including phenoxy) is 1. The molecule has 3 heterocycles. The minimum atomic E-state index is -1.17. The third-order valence-corrected chi connectivity index (χ3v) is 8.41. The Balaban J connectivity index is 1.59. The van der Waals surface area contributed by atoms with E-state index in [-0.39, 0.29) is 0 Å². The summed E-state index contributed by atoms with van der Waals surface area (Å²) in [5.41, 5.74) is 6.69. The van der Waals surface area contributed by atoms with Crippen LogP contribution in [0.1, 0.15) is 38.0 Å². The Morgan fingerprint density at radius 2 is 1.79 bits per heavy atom. The van der Waals surface area contributed by atoms with E-state index in [9.17, 15) is 9.90 Å². The lowest BCUT2D eigenvalue weighted by atomic mass is 9.91. The maximum Gasteiger partial charge on any atom is 0.337 e. The molecule has 0 bridgehead atoms. The summed E-state index contributed by atoms with van der Waals surface area (Å²) in [6.07, 6.45) is 0.595. The second-order valence-corrected chi connectivity index (χ2v) is 12.7. The number of aromatic nitrogens is 4. The lowest BCUT2D eigenvalue weighted by Gasteiger charge is -2.28. The molecule has 1 atom stereocenters. The maximum atomic E-state index is 12.6. The lowest BCUT2D eigenvalue weighted by Crippen LogP contribution is -2.28. The molecule has 0 amide bonds. The summed E-state index contributed by atoms with van der Waals surface area (Å²) in [6.45, 7) is 7.49. The van der Waals surface area contributed by atoms with Gasteiger partial charge in [0.1, 0.15) is 10.7 Å².